The molecule has 0 amide bonds. The van der Waals surface area contributed by atoms with E-state index in [2.05, 4.69) is 0 Å². The minimum atomic E-state index is -0.935. The predicted molar refractivity (Wildman–Crippen MR) is 52.2 cm³/mol. The van der Waals surface area contributed by atoms with Crippen molar-refractivity contribution in [1.82, 2.24) is 0 Å². The molecule has 1 heterocycles. The normalized spacial score (nSPS) is 27.8. The number of halogens is 1. The van der Waals surface area contributed by atoms with E-state index in [-0.39, 0.29) is 5.82 Å². The van der Waals surface area contributed by atoms with Crippen LogP contribution in [0.1, 0.15) is 12.0 Å². The topological polar surface area (TPSA) is 20.2 Å². The second kappa shape index (κ2) is 3.31. The molecule has 70 valence electrons. The highest BCUT2D eigenvalue weighted by molar-refractivity contribution is 7.99. The van der Waals surface area contributed by atoms with Gasteiger partial charge in [0.05, 0.1) is 0 Å². The Hall–Kier alpha value is -0.540. The van der Waals surface area contributed by atoms with Gasteiger partial charge in [-0.2, -0.15) is 11.8 Å². The van der Waals surface area contributed by atoms with Crippen LogP contribution < -0.4 is 0 Å². The Morgan fingerprint density at radius 1 is 1.38 bits per heavy atom. The minimum absolute atomic E-state index is 0.299. The smallest absolute Gasteiger partial charge is 0.129 e. The molecule has 1 aliphatic heterocycles. The maximum atomic E-state index is 13.3. The third-order valence-corrected chi connectivity index (χ3v) is 3.55. The maximum absolute atomic E-state index is 13.3. The third-order valence-electron chi connectivity index (χ3n) is 2.38. The van der Waals surface area contributed by atoms with Crippen LogP contribution in [0.3, 0.4) is 0 Å². The van der Waals surface area contributed by atoms with Gasteiger partial charge in [-0.15, -0.1) is 0 Å². The molecule has 1 nitrogen and oxygen atoms in total. The van der Waals surface area contributed by atoms with E-state index in [1.165, 1.54) is 6.07 Å². The van der Waals surface area contributed by atoms with Gasteiger partial charge in [0.25, 0.3) is 0 Å². The molecule has 1 fully saturated rings. The number of rotatable bonds is 1. The number of thioether (sulfide) groups is 1. The van der Waals surface area contributed by atoms with Crippen LogP contribution >= 0.6 is 11.8 Å². The fourth-order valence-corrected chi connectivity index (χ4v) is 2.87. The Morgan fingerprint density at radius 3 is 2.77 bits per heavy atom. The average Bonchev–Trinajstić information content (AvgIpc) is 2.54. The summed E-state index contributed by atoms with van der Waals surface area (Å²) >= 11 is 1.67. The van der Waals surface area contributed by atoms with Gasteiger partial charge in [0.15, 0.2) is 0 Å². The molecule has 1 saturated heterocycles. The predicted octanol–water partition coefficient (Wildman–Crippen LogP) is 2.15. The zero-order chi connectivity index (χ0) is 9.31. The Kier molecular flexibility index (Phi) is 2.30. The van der Waals surface area contributed by atoms with Crippen molar-refractivity contribution in [3.63, 3.8) is 0 Å². The summed E-state index contributed by atoms with van der Waals surface area (Å²) in [6.45, 7) is 0. The lowest BCUT2D eigenvalue weighted by Gasteiger charge is -2.21. The van der Waals surface area contributed by atoms with Crippen molar-refractivity contribution >= 4 is 11.8 Å². The van der Waals surface area contributed by atoms with Crippen molar-refractivity contribution in [3.05, 3.63) is 35.6 Å². The van der Waals surface area contributed by atoms with Gasteiger partial charge in [0.2, 0.25) is 0 Å². The first-order valence-electron chi connectivity index (χ1n) is 4.27. The van der Waals surface area contributed by atoms with Gasteiger partial charge in [-0.3, -0.25) is 0 Å². The highest BCUT2D eigenvalue weighted by atomic mass is 32.2. The highest BCUT2D eigenvalue weighted by Crippen LogP contribution is 2.37. The van der Waals surface area contributed by atoms with Crippen molar-refractivity contribution in [1.29, 1.82) is 0 Å². The van der Waals surface area contributed by atoms with E-state index in [1.807, 2.05) is 0 Å². The van der Waals surface area contributed by atoms with Crippen LogP contribution in [0, 0.1) is 5.82 Å². The quantitative estimate of drug-likeness (QED) is 0.746. The fourth-order valence-electron chi connectivity index (χ4n) is 1.61. The van der Waals surface area contributed by atoms with Crippen molar-refractivity contribution in [2.24, 2.45) is 0 Å². The monoisotopic (exact) mass is 198 g/mol. The lowest BCUT2D eigenvalue weighted by molar-refractivity contribution is 0.0619. The zero-order valence-corrected chi connectivity index (χ0v) is 7.98. The molecule has 1 atom stereocenters. The first-order chi connectivity index (χ1) is 6.22. The highest BCUT2D eigenvalue weighted by Gasteiger charge is 2.35. The van der Waals surface area contributed by atoms with Crippen molar-refractivity contribution in [2.75, 3.05) is 11.5 Å². The second-order valence-corrected chi connectivity index (χ2v) is 4.42. The summed E-state index contributed by atoms with van der Waals surface area (Å²) in [5.74, 6) is 1.21. The molecule has 1 aliphatic rings. The molecular weight excluding hydrogens is 187 g/mol. The van der Waals surface area contributed by atoms with Crippen LogP contribution in [0.15, 0.2) is 24.3 Å². The van der Waals surface area contributed by atoms with Crippen LogP contribution in [-0.4, -0.2) is 16.6 Å². The molecule has 1 N–H and O–H groups in total. The van der Waals surface area contributed by atoms with Crippen LogP contribution in [0.4, 0.5) is 4.39 Å². The van der Waals surface area contributed by atoms with Gasteiger partial charge >= 0.3 is 0 Å². The summed E-state index contributed by atoms with van der Waals surface area (Å²) in [4.78, 5) is 0. The van der Waals surface area contributed by atoms with Gasteiger partial charge in [-0.1, -0.05) is 18.2 Å². The summed E-state index contributed by atoms with van der Waals surface area (Å²) in [6.07, 6.45) is 0.651. The standard InChI is InChI=1S/C10H11FOS/c11-9-4-2-1-3-8(9)10(12)5-6-13-7-10/h1-4,12H,5-7H2. The Labute approximate surface area is 81.0 Å². The lowest BCUT2D eigenvalue weighted by Crippen LogP contribution is -2.26. The first-order valence-corrected chi connectivity index (χ1v) is 5.43. The number of benzene rings is 1. The Bertz CT molecular complexity index is 308. The number of aliphatic hydroxyl groups is 1. The Balaban J connectivity index is 2.39. The molecule has 13 heavy (non-hydrogen) atoms. The first kappa shape index (κ1) is 9.03. The van der Waals surface area contributed by atoms with Gasteiger partial charge in [0.1, 0.15) is 11.4 Å². The molecule has 0 saturated carbocycles. The second-order valence-electron chi connectivity index (χ2n) is 3.31. The molecule has 1 aromatic rings. The van der Waals surface area contributed by atoms with Gasteiger partial charge in [-0.05, 0) is 18.2 Å². The van der Waals surface area contributed by atoms with Crippen LogP contribution in [-0.2, 0) is 5.60 Å². The molecule has 3 heteroatoms. The average molecular weight is 198 g/mol. The van der Waals surface area contributed by atoms with Gasteiger partial charge in [-0.25, -0.2) is 4.39 Å². The number of hydrogen-bond donors (Lipinski definition) is 1. The van der Waals surface area contributed by atoms with Crippen LogP contribution in [0.5, 0.6) is 0 Å². The molecule has 0 spiro atoms. The molecule has 1 aromatic carbocycles. The van der Waals surface area contributed by atoms with E-state index in [1.54, 1.807) is 30.0 Å². The maximum Gasteiger partial charge on any atom is 0.129 e. The van der Waals surface area contributed by atoms with E-state index in [9.17, 15) is 9.50 Å². The van der Waals surface area contributed by atoms with Crippen molar-refractivity contribution < 1.29 is 9.50 Å². The van der Waals surface area contributed by atoms with Crippen molar-refractivity contribution in [2.45, 2.75) is 12.0 Å². The summed E-state index contributed by atoms with van der Waals surface area (Å²) in [5.41, 5.74) is -0.490. The molecule has 0 radical (unpaired) electrons. The molecular formula is C10H11FOS. The lowest BCUT2D eigenvalue weighted by atomic mass is 9.93. The molecule has 1 unspecified atom stereocenters. The van der Waals surface area contributed by atoms with Crippen molar-refractivity contribution in [3.8, 4) is 0 Å². The molecule has 0 aliphatic carbocycles. The summed E-state index contributed by atoms with van der Waals surface area (Å²) < 4.78 is 13.3. The fraction of sp³-hybridized carbons (Fsp3) is 0.400. The summed E-state index contributed by atoms with van der Waals surface area (Å²) in [7, 11) is 0. The third kappa shape index (κ3) is 1.58. The van der Waals surface area contributed by atoms with E-state index in [4.69, 9.17) is 0 Å². The van der Waals surface area contributed by atoms with Gasteiger partial charge < -0.3 is 5.11 Å². The zero-order valence-electron chi connectivity index (χ0n) is 7.16. The molecule has 0 bridgehead atoms. The van der Waals surface area contributed by atoms with E-state index in [0.29, 0.717) is 17.7 Å². The van der Waals surface area contributed by atoms with E-state index >= 15 is 0 Å². The molecule has 2 rings (SSSR count). The summed E-state index contributed by atoms with van der Waals surface area (Å²) in [5, 5.41) is 10.1. The summed E-state index contributed by atoms with van der Waals surface area (Å²) in [6, 6.07) is 6.47. The van der Waals surface area contributed by atoms with Crippen LogP contribution in [0.25, 0.3) is 0 Å². The molecule has 0 aromatic heterocycles. The van der Waals surface area contributed by atoms with E-state index in [0.717, 1.165) is 5.75 Å². The number of hydrogen-bond acceptors (Lipinski definition) is 2. The minimum Gasteiger partial charge on any atom is -0.384 e. The Morgan fingerprint density at radius 2 is 2.15 bits per heavy atom. The van der Waals surface area contributed by atoms with Crippen LogP contribution in [0.2, 0.25) is 0 Å². The van der Waals surface area contributed by atoms with Gasteiger partial charge in [0, 0.05) is 11.3 Å². The SMILES string of the molecule is OC1(c2ccccc2F)CCSC1. The van der Waals surface area contributed by atoms with E-state index < -0.39 is 5.60 Å². The largest absolute Gasteiger partial charge is 0.384 e.